The number of halogens is 3. The molecule has 42 heavy (non-hydrogen) atoms. The van der Waals surface area contributed by atoms with Crippen LogP contribution in [0.5, 0.6) is 5.75 Å². The number of carbonyl (C=O) groups excluding carboxylic acids is 2. The lowest BCUT2D eigenvalue weighted by molar-refractivity contribution is -0.137. The first-order chi connectivity index (χ1) is 20.0. The molecule has 0 N–H and O–H groups in total. The van der Waals surface area contributed by atoms with Crippen LogP contribution in [0.1, 0.15) is 41.3 Å². The molecule has 2 aliphatic heterocycles. The molecule has 3 aromatic rings. The lowest BCUT2D eigenvalue weighted by Gasteiger charge is -2.30. The zero-order valence-corrected chi connectivity index (χ0v) is 23.9. The molecule has 0 radical (unpaired) electrons. The van der Waals surface area contributed by atoms with Gasteiger partial charge in [0.2, 0.25) is 5.91 Å². The molecule has 1 aromatic heterocycles. The van der Waals surface area contributed by atoms with E-state index in [2.05, 4.69) is 15.8 Å². The minimum Gasteiger partial charge on any atom is -0.491 e. The van der Waals surface area contributed by atoms with Gasteiger partial charge in [-0.3, -0.25) is 14.5 Å². The van der Waals surface area contributed by atoms with Crippen molar-refractivity contribution in [3.05, 3.63) is 64.1 Å². The van der Waals surface area contributed by atoms with E-state index < -0.39 is 35.7 Å². The van der Waals surface area contributed by atoms with Crippen LogP contribution in [-0.2, 0) is 15.7 Å². The highest BCUT2D eigenvalue weighted by Crippen LogP contribution is 2.38. The maximum Gasteiger partial charge on any atom is 0.416 e. The van der Waals surface area contributed by atoms with Gasteiger partial charge in [-0.15, -0.1) is 17.8 Å². The Kier molecular flexibility index (Phi) is 8.43. The first-order valence-electron chi connectivity index (χ1n) is 13.4. The molecule has 3 heterocycles. The molecule has 12 heteroatoms. The predicted octanol–water partition coefficient (Wildman–Crippen LogP) is 5.22. The Hall–Kier alpha value is -4.08. The Labute approximate surface area is 245 Å². The van der Waals surface area contributed by atoms with Gasteiger partial charge in [-0.2, -0.15) is 13.2 Å². The van der Waals surface area contributed by atoms with Gasteiger partial charge in [-0.1, -0.05) is 0 Å². The van der Waals surface area contributed by atoms with Gasteiger partial charge >= 0.3 is 6.18 Å². The molecule has 1 atom stereocenters. The van der Waals surface area contributed by atoms with Crippen LogP contribution in [0.4, 0.5) is 30.2 Å². The smallest absolute Gasteiger partial charge is 0.416 e. The highest BCUT2D eigenvalue weighted by Gasteiger charge is 2.42. The first-order valence-corrected chi connectivity index (χ1v) is 14.3. The van der Waals surface area contributed by atoms with Crippen molar-refractivity contribution in [2.24, 2.45) is 0 Å². The van der Waals surface area contributed by atoms with Gasteiger partial charge in [-0.05, 0) is 62.6 Å². The summed E-state index contributed by atoms with van der Waals surface area (Å²) in [5.74, 6) is 1.14. The van der Waals surface area contributed by atoms with Crippen molar-refractivity contribution in [2.75, 3.05) is 47.5 Å². The minimum atomic E-state index is -4.72. The number of morpholine rings is 1. The highest BCUT2D eigenvalue weighted by molar-refractivity contribution is 7.10. The summed E-state index contributed by atoms with van der Waals surface area (Å²) >= 11 is 1.06. The van der Waals surface area contributed by atoms with Crippen LogP contribution in [0.25, 0.3) is 0 Å². The molecule has 2 amide bonds. The molecule has 1 unspecified atom stereocenters. The topological polar surface area (TPSA) is 75.2 Å². The van der Waals surface area contributed by atoms with Crippen LogP contribution in [0.3, 0.4) is 0 Å². The van der Waals surface area contributed by atoms with Crippen molar-refractivity contribution in [3.63, 3.8) is 0 Å². The fourth-order valence-corrected chi connectivity index (χ4v) is 5.65. The van der Waals surface area contributed by atoms with Crippen LogP contribution < -0.4 is 19.4 Å². The summed E-state index contributed by atoms with van der Waals surface area (Å²) in [4.78, 5) is 36.7. The number of alkyl halides is 3. The molecule has 0 spiro atoms. The van der Waals surface area contributed by atoms with Gasteiger partial charge in [-0.25, -0.2) is 4.98 Å². The van der Waals surface area contributed by atoms with Crippen molar-refractivity contribution < 1.29 is 32.2 Å². The number of hydrogen-bond acceptors (Lipinski definition) is 7. The fourth-order valence-electron chi connectivity index (χ4n) is 5.05. The number of terminal acetylenes is 1. The fraction of sp³-hybridized carbons (Fsp3) is 0.367. The molecule has 8 nitrogen and oxygen atoms in total. The van der Waals surface area contributed by atoms with Crippen molar-refractivity contribution >= 4 is 40.2 Å². The SMILES string of the molecule is C#Cc1nc(C(=O)N(c2cc(OC(C)C)cc(C(F)(F)F)c2)C2CCN(c3ccc(N4CCOCC4)cc3)C2=O)cs1. The number of nitrogens with zero attached hydrogens (tertiary/aromatic N) is 4. The van der Waals surface area contributed by atoms with Gasteiger partial charge in [0, 0.05) is 48.1 Å². The number of benzene rings is 2. The molecule has 220 valence electrons. The largest absolute Gasteiger partial charge is 0.491 e. The van der Waals surface area contributed by atoms with E-state index in [1.807, 2.05) is 24.3 Å². The van der Waals surface area contributed by atoms with Crippen LogP contribution in [0.2, 0.25) is 0 Å². The Bertz CT molecular complexity index is 1490. The zero-order chi connectivity index (χ0) is 30.0. The zero-order valence-electron chi connectivity index (χ0n) is 23.1. The molecule has 2 saturated heterocycles. The number of aromatic nitrogens is 1. The molecule has 2 aliphatic rings. The minimum absolute atomic E-state index is 0.0576. The van der Waals surface area contributed by atoms with Crippen LogP contribution in [0.15, 0.2) is 47.8 Å². The molecular formula is C30H29F3N4O4S. The Morgan fingerprint density at radius 3 is 2.45 bits per heavy atom. The summed E-state index contributed by atoms with van der Waals surface area (Å²) in [6.07, 6.45) is 0.482. The Morgan fingerprint density at radius 2 is 1.83 bits per heavy atom. The Morgan fingerprint density at radius 1 is 1.14 bits per heavy atom. The van der Waals surface area contributed by atoms with E-state index >= 15 is 0 Å². The lowest BCUT2D eigenvalue weighted by atomic mass is 10.1. The quantitative estimate of drug-likeness (QED) is 0.348. The number of anilines is 3. The number of rotatable bonds is 7. The monoisotopic (exact) mass is 598 g/mol. The number of hydrogen-bond donors (Lipinski definition) is 0. The number of ether oxygens (including phenoxy) is 2. The summed E-state index contributed by atoms with van der Waals surface area (Å²) in [5, 5.41) is 1.68. The molecular weight excluding hydrogens is 569 g/mol. The van der Waals surface area contributed by atoms with Gasteiger partial charge in [0.1, 0.15) is 17.5 Å². The van der Waals surface area contributed by atoms with Crippen LogP contribution >= 0.6 is 11.3 Å². The van der Waals surface area contributed by atoms with E-state index in [0.29, 0.717) is 18.9 Å². The van der Waals surface area contributed by atoms with E-state index in [0.717, 1.165) is 47.1 Å². The van der Waals surface area contributed by atoms with E-state index in [-0.39, 0.29) is 35.1 Å². The second-order valence-electron chi connectivity index (χ2n) is 10.1. The van der Waals surface area contributed by atoms with E-state index in [9.17, 15) is 22.8 Å². The molecule has 5 rings (SSSR count). The van der Waals surface area contributed by atoms with Gasteiger partial charge < -0.3 is 19.3 Å². The maximum atomic E-state index is 13.9. The highest BCUT2D eigenvalue weighted by atomic mass is 32.1. The average Bonchev–Trinajstić information content (AvgIpc) is 3.60. The van der Waals surface area contributed by atoms with Crippen molar-refractivity contribution in [1.29, 1.82) is 0 Å². The summed E-state index contributed by atoms with van der Waals surface area (Å²) in [5.41, 5.74) is 0.443. The predicted molar refractivity (Wildman–Crippen MR) is 154 cm³/mol. The standard InChI is InChI=1S/C30H29F3N4O4S/c1-4-27-34-25(18-42-27)28(38)37(23-15-20(30(31,32)33)16-24(17-23)41-19(2)3)26-9-10-36(29(26)39)22-7-5-21(6-8-22)35-11-13-40-14-12-35/h1,5-8,15-19,26H,9-14H2,2-3H3. The average molecular weight is 599 g/mol. The number of carbonyl (C=O) groups is 2. The number of amides is 2. The van der Waals surface area contributed by atoms with Crippen molar-refractivity contribution in [2.45, 2.75) is 38.6 Å². The molecule has 2 aromatic carbocycles. The third kappa shape index (κ3) is 6.22. The number of thiazole rings is 1. The molecule has 0 aliphatic carbocycles. The lowest BCUT2D eigenvalue weighted by Crippen LogP contribution is -2.46. The second kappa shape index (κ2) is 12.0. The molecule has 2 fully saturated rings. The third-order valence-electron chi connectivity index (χ3n) is 6.96. The van der Waals surface area contributed by atoms with Gasteiger partial charge in [0.25, 0.3) is 5.91 Å². The van der Waals surface area contributed by atoms with Gasteiger partial charge in [0.05, 0.1) is 24.9 Å². The Balaban J connectivity index is 1.51. The summed E-state index contributed by atoms with van der Waals surface area (Å²) in [7, 11) is 0. The first kappa shape index (κ1) is 29.4. The van der Waals surface area contributed by atoms with Gasteiger partial charge in [0.15, 0.2) is 5.01 Å². The third-order valence-corrected chi connectivity index (χ3v) is 7.73. The molecule has 0 saturated carbocycles. The molecule has 0 bridgehead atoms. The summed E-state index contributed by atoms with van der Waals surface area (Å²) in [6, 6.07) is 9.49. The van der Waals surface area contributed by atoms with Crippen molar-refractivity contribution in [3.8, 4) is 18.1 Å². The van der Waals surface area contributed by atoms with E-state index in [1.165, 1.54) is 11.4 Å². The van der Waals surface area contributed by atoms with Crippen LogP contribution in [-0.4, -0.2) is 61.8 Å². The summed E-state index contributed by atoms with van der Waals surface area (Å²) in [6.45, 7) is 6.44. The van der Waals surface area contributed by atoms with E-state index in [1.54, 1.807) is 18.7 Å². The second-order valence-corrected chi connectivity index (χ2v) is 11.0. The normalized spacial score (nSPS) is 17.5. The maximum absolute atomic E-state index is 13.9. The summed E-state index contributed by atoms with van der Waals surface area (Å²) < 4.78 is 52.9. The van der Waals surface area contributed by atoms with E-state index in [4.69, 9.17) is 15.9 Å². The van der Waals surface area contributed by atoms with Crippen LogP contribution in [0, 0.1) is 12.3 Å². The van der Waals surface area contributed by atoms with Crippen molar-refractivity contribution in [1.82, 2.24) is 4.98 Å².